The SMILES string of the molecule is CC(=O)[C@H](C)COCc1ccc(SC2=CCCC=C2)cc1. The number of ketones is 1. The topological polar surface area (TPSA) is 26.3 Å². The highest BCUT2D eigenvalue weighted by molar-refractivity contribution is 8.03. The maximum Gasteiger partial charge on any atom is 0.134 e. The molecule has 21 heavy (non-hydrogen) atoms. The van der Waals surface area contributed by atoms with Crippen LogP contribution in [0, 0.1) is 5.92 Å². The summed E-state index contributed by atoms with van der Waals surface area (Å²) in [7, 11) is 0. The minimum Gasteiger partial charge on any atom is -0.376 e. The highest BCUT2D eigenvalue weighted by atomic mass is 32.2. The van der Waals surface area contributed by atoms with Crippen LogP contribution in [-0.2, 0) is 16.1 Å². The van der Waals surface area contributed by atoms with E-state index >= 15 is 0 Å². The van der Waals surface area contributed by atoms with Crippen molar-refractivity contribution in [3.8, 4) is 0 Å². The van der Waals surface area contributed by atoms with Crippen molar-refractivity contribution in [1.82, 2.24) is 0 Å². The summed E-state index contributed by atoms with van der Waals surface area (Å²) in [6.45, 7) is 4.55. The van der Waals surface area contributed by atoms with Crippen LogP contribution in [0.1, 0.15) is 32.3 Å². The summed E-state index contributed by atoms with van der Waals surface area (Å²) in [6, 6.07) is 8.43. The molecule has 0 amide bonds. The molecule has 1 aromatic carbocycles. The lowest BCUT2D eigenvalue weighted by atomic mass is 10.1. The van der Waals surface area contributed by atoms with Crippen LogP contribution in [0.4, 0.5) is 0 Å². The normalized spacial score (nSPS) is 15.6. The van der Waals surface area contributed by atoms with Crippen LogP contribution in [0.3, 0.4) is 0 Å². The van der Waals surface area contributed by atoms with Gasteiger partial charge < -0.3 is 4.74 Å². The molecular weight excluding hydrogens is 280 g/mol. The summed E-state index contributed by atoms with van der Waals surface area (Å²) < 4.78 is 5.58. The summed E-state index contributed by atoms with van der Waals surface area (Å²) in [5.74, 6) is 0.153. The third-order valence-electron chi connectivity index (χ3n) is 3.45. The number of carbonyl (C=O) groups excluding carboxylic acids is 1. The molecule has 112 valence electrons. The van der Waals surface area contributed by atoms with E-state index in [1.807, 2.05) is 6.92 Å². The van der Waals surface area contributed by atoms with Crippen molar-refractivity contribution in [3.63, 3.8) is 0 Å². The van der Waals surface area contributed by atoms with E-state index in [0.717, 1.165) is 18.4 Å². The van der Waals surface area contributed by atoms with Crippen LogP contribution in [0.2, 0.25) is 0 Å². The number of carbonyl (C=O) groups is 1. The molecule has 2 rings (SSSR count). The Morgan fingerprint density at radius 2 is 2.05 bits per heavy atom. The van der Waals surface area contributed by atoms with Crippen LogP contribution in [0.15, 0.2) is 52.3 Å². The zero-order chi connectivity index (χ0) is 15.1. The largest absolute Gasteiger partial charge is 0.376 e. The van der Waals surface area contributed by atoms with E-state index in [2.05, 4.69) is 42.5 Å². The first-order valence-corrected chi connectivity index (χ1v) is 8.18. The molecule has 0 saturated carbocycles. The molecule has 0 radical (unpaired) electrons. The van der Waals surface area contributed by atoms with Gasteiger partial charge in [-0.3, -0.25) is 4.79 Å². The predicted octanol–water partition coefficient (Wildman–Crippen LogP) is 4.75. The predicted molar refractivity (Wildman–Crippen MR) is 88.3 cm³/mol. The van der Waals surface area contributed by atoms with Gasteiger partial charge in [0, 0.05) is 15.7 Å². The molecule has 1 atom stereocenters. The van der Waals surface area contributed by atoms with Crippen LogP contribution in [0.25, 0.3) is 0 Å². The van der Waals surface area contributed by atoms with Crippen molar-refractivity contribution in [1.29, 1.82) is 0 Å². The second-order valence-corrected chi connectivity index (χ2v) is 6.51. The van der Waals surface area contributed by atoms with E-state index < -0.39 is 0 Å². The maximum absolute atomic E-state index is 11.1. The smallest absolute Gasteiger partial charge is 0.134 e. The van der Waals surface area contributed by atoms with Gasteiger partial charge >= 0.3 is 0 Å². The first-order valence-electron chi connectivity index (χ1n) is 7.37. The van der Waals surface area contributed by atoms with Gasteiger partial charge in [-0.05, 0) is 37.5 Å². The summed E-state index contributed by atoms with van der Waals surface area (Å²) in [4.78, 5) is 13.7. The first kappa shape index (κ1) is 16.1. The summed E-state index contributed by atoms with van der Waals surface area (Å²) in [6.07, 6.45) is 8.98. The third kappa shape index (κ3) is 5.52. The van der Waals surface area contributed by atoms with E-state index in [-0.39, 0.29) is 11.7 Å². The van der Waals surface area contributed by atoms with Crippen molar-refractivity contribution >= 4 is 17.5 Å². The fourth-order valence-corrected chi connectivity index (χ4v) is 2.84. The van der Waals surface area contributed by atoms with Gasteiger partial charge in [0.25, 0.3) is 0 Å². The molecule has 0 fully saturated rings. The molecule has 3 heteroatoms. The zero-order valence-electron chi connectivity index (χ0n) is 12.7. The number of rotatable bonds is 7. The van der Waals surface area contributed by atoms with E-state index in [1.54, 1.807) is 18.7 Å². The molecule has 0 heterocycles. The minimum atomic E-state index is -0.0233. The van der Waals surface area contributed by atoms with Gasteiger partial charge in [0.15, 0.2) is 0 Å². The molecule has 0 spiro atoms. The summed E-state index contributed by atoms with van der Waals surface area (Å²) in [5, 5.41) is 0. The van der Waals surface area contributed by atoms with Gasteiger partial charge in [-0.1, -0.05) is 49.0 Å². The molecule has 0 aliphatic heterocycles. The lowest BCUT2D eigenvalue weighted by molar-refractivity contribution is -0.122. The quantitative estimate of drug-likeness (QED) is 0.726. The van der Waals surface area contributed by atoms with Crippen molar-refractivity contribution in [2.24, 2.45) is 5.92 Å². The molecule has 0 unspecified atom stereocenters. The Bertz CT molecular complexity index is 529. The highest BCUT2D eigenvalue weighted by Gasteiger charge is 2.07. The fourth-order valence-electron chi connectivity index (χ4n) is 1.93. The fraction of sp³-hybridized carbons (Fsp3) is 0.389. The van der Waals surface area contributed by atoms with E-state index in [0.29, 0.717) is 13.2 Å². The Morgan fingerprint density at radius 3 is 2.67 bits per heavy atom. The zero-order valence-corrected chi connectivity index (χ0v) is 13.5. The van der Waals surface area contributed by atoms with Crippen molar-refractivity contribution in [2.75, 3.05) is 6.61 Å². The van der Waals surface area contributed by atoms with Crippen molar-refractivity contribution < 1.29 is 9.53 Å². The number of hydrogen-bond acceptors (Lipinski definition) is 3. The van der Waals surface area contributed by atoms with E-state index in [4.69, 9.17) is 4.74 Å². The average molecular weight is 302 g/mol. The average Bonchev–Trinajstić information content (AvgIpc) is 2.50. The van der Waals surface area contributed by atoms with Crippen LogP contribution >= 0.6 is 11.8 Å². The summed E-state index contributed by atoms with van der Waals surface area (Å²) in [5.41, 5.74) is 1.14. The number of hydrogen-bond donors (Lipinski definition) is 0. The molecule has 0 aromatic heterocycles. The summed E-state index contributed by atoms with van der Waals surface area (Å²) >= 11 is 1.79. The molecule has 0 N–H and O–H groups in total. The molecule has 1 aromatic rings. The number of allylic oxidation sites excluding steroid dienone is 3. The van der Waals surface area contributed by atoms with E-state index in [9.17, 15) is 4.79 Å². The lowest BCUT2D eigenvalue weighted by Crippen LogP contribution is -2.13. The van der Waals surface area contributed by atoms with Crippen molar-refractivity contribution in [2.45, 2.75) is 38.2 Å². The second-order valence-electron chi connectivity index (χ2n) is 5.36. The molecular formula is C18H22O2S. The van der Waals surface area contributed by atoms with Crippen LogP contribution in [0.5, 0.6) is 0 Å². The molecule has 1 aliphatic rings. The Morgan fingerprint density at radius 1 is 1.29 bits per heavy atom. The number of ether oxygens (including phenoxy) is 1. The van der Waals surface area contributed by atoms with Gasteiger partial charge in [0.05, 0.1) is 13.2 Å². The third-order valence-corrected chi connectivity index (χ3v) is 4.50. The monoisotopic (exact) mass is 302 g/mol. The van der Waals surface area contributed by atoms with E-state index in [1.165, 1.54) is 9.80 Å². The Kier molecular flexibility index (Phi) is 6.27. The van der Waals surface area contributed by atoms with Gasteiger partial charge in [0.1, 0.15) is 5.78 Å². The lowest BCUT2D eigenvalue weighted by Gasteiger charge is -2.10. The van der Waals surface area contributed by atoms with Gasteiger partial charge in [0.2, 0.25) is 0 Å². The minimum absolute atomic E-state index is 0.0233. The second kappa shape index (κ2) is 8.20. The maximum atomic E-state index is 11.1. The van der Waals surface area contributed by atoms with Crippen molar-refractivity contribution in [3.05, 3.63) is 53.0 Å². The Balaban J connectivity index is 1.80. The molecule has 0 bridgehead atoms. The molecule has 0 saturated heterocycles. The van der Waals surface area contributed by atoms with Gasteiger partial charge in [-0.15, -0.1) is 0 Å². The highest BCUT2D eigenvalue weighted by Crippen LogP contribution is 2.30. The first-order chi connectivity index (χ1) is 10.1. The molecule has 1 aliphatic carbocycles. The van der Waals surface area contributed by atoms with Crippen LogP contribution < -0.4 is 0 Å². The Hall–Kier alpha value is -1.32. The number of benzene rings is 1. The Labute approximate surface area is 131 Å². The standard InChI is InChI=1S/C18H22O2S/c1-14(15(2)19)12-20-13-16-8-10-18(11-9-16)21-17-6-4-3-5-7-17/h4,6-11,14H,3,5,12-13H2,1-2H3/t14-/m1/s1. The number of thioether (sulfide) groups is 1. The van der Waals surface area contributed by atoms with Gasteiger partial charge in [-0.25, -0.2) is 0 Å². The van der Waals surface area contributed by atoms with Gasteiger partial charge in [-0.2, -0.15) is 0 Å². The molecule has 2 nitrogen and oxygen atoms in total. The van der Waals surface area contributed by atoms with Crippen LogP contribution in [-0.4, -0.2) is 12.4 Å². The number of Topliss-reactive ketones (excluding diaryl/α,β-unsaturated/α-hetero) is 1.